The molecule has 0 amide bonds. The second-order valence-corrected chi connectivity index (χ2v) is 7.69. The monoisotopic (exact) mass is 335 g/mol. The molecule has 1 saturated heterocycles. The molecule has 5 heteroatoms. The number of aryl methyl sites for hydroxylation is 2. The van der Waals surface area contributed by atoms with Gasteiger partial charge in [0.25, 0.3) is 0 Å². The van der Waals surface area contributed by atoms with Crippen molar-refractivity contribution in [1.82, 2.24) is 19.7 Å². The van der Waals surface area contributed by atoms with E-state index in [0.717, 1.165) is 35.6 Å². The predicted octanol–water partition coefficient (Wildman–Crippen LogP) is 3.91. The quantitative estimate of drug-likeness (QED) is 0.712. The van der Waals surface area contributed by atoms with Crippen molar-refractivity contribution < 1.29 is 0 Å². The first-order chi connectivity index (χ1) is 12.0. The molecule has 1 aromatic carbocycles. The maximum absolute atomic E-state index is 4.63. The summed E-state index contributed by atoms with van der Waals surface area (Å²) in [5.74, 6) is 2.38. The minimum Gasteiger partial charge on any atom is -0.355 e. The van der Waals surface area contributed by atoms with Crippen LogP contribution in [0.15, 0.2) is 30.7 Å². The zero-order valence-corrected chi connectivity index (χ0v) is 15.4. The van der Waals surface area contributed by atoms with Gasteiger partial charge in [0.1, 0.15) is 12.1 Å². The van der Waals surface area contributed by atoms with Crippen molar-refractivity contribution in [3.8, 4) is 5.69 Å². The normalized spacial score (nSPS) is 21.0. The van der Waals surface area contributed by atoms with Crippen LogP contribution < -0.4 is 4.90 Å². The summed E-state index contributed by atoms with van der Waals surface area (Å²) < 4.78 is 1.93. The van der Waals surface area contributed by atoms with Crippen LogP contribution in [0.1, 0.15) is 31.4 Å². The Bertz CT molecular complexity index is 883. The maximum Gasteiger partial charge on any atom is 0.168 e. The summed E-state index contributed by atoms with van der Waals surface area (Å²) >= 11 is 0. The van der Waals surface area contributed by atoms with Gasteiger partial charge in [0.15, 0.2) is 5.65 Å². The van der Waals surface area contributed by atoms with Gasteiger partial charge in [-0.25, -0.2) is 14.6 Å². The molecule has 0 spiro atoms. The van der Waals surface area contributed by atoms with E-state index in [4.69, 9.17) is 0 Å². The first kappa shape index (κ1) is 16.1. The number of benzene rings is 1. The van der Waals surface area contributed by atoms with Gasteiger partial charge < -0.3 is 4.90 Å². The molecular weight excluding hydrogens is 310 g/mol. The summed E-state index contributed by atoms with van der Waals surface area (Å²) in [7, 11) is 0. The number of hydrogen-bond donors (Lipinski definition) is 0. The summed E-state index contributed by atoms with van der Waals surface area (Å²) in [5.41, 5.74) is 4.39. The second kappa shape index (κ2) is 6.14. The first-order valence-electron chi connectivity index (χ1n) is 9.03. The van der Waals surface area contributed by atoms with E-state index in [9.17, 15) is 0 Å². The van der Waals surface area contributed by atoms with Gasteiger partial charge in [-0.1, -0.05) is 19.9 Å². The summed E-state index contributed by atoms with van der Waals surface area (Å²) in [5, 5.41) is 5.66. The Morgan fingerprint density at radius 2 is 1.64 bits per heavy atom. The Hall–Kier alpha value is -2.43. The molecule has 3 aromatic rings. The molecule has 1 aliphatic rings. The predicted molar refractivity (Wildman–Crippen MR) is 101 cm³/mol. The van der Waals surface area contributed by atoms with Crippen molar-refractivity contribution in [3.05, 3.63) is 41.9 Å². The Morgan fingerprint density at radius 1 is 0.960 bits per heavy atom. The van der Waals surface area contributed by atoms with Crippen LogP contribution in [-0.4, -0.2) is 32.8 Å². The fraction of sp³-hybridized carbons (Fsp3) is 0.450. The van der Waals surface area contributed by atoms with Gasteiger partial charge >= 0.3 is 0 Å². The van der Waals surface area contributed by atoms with Gasteiger partial charge in [0.05, 0.1) is 17.3 Å². The lowest BCUT2D eigenvalue weighted by Crippen LogP contribution is -2.39. The van der Waals surface area contributed by atoms with Crippen LogP contribution in [0.5, 0.6) is 0 Å². The second-order valence-electron chi connectivity index (χ2n) is 7.69. The summed E-state index contributed by atoms with van der Waals surface area (Å²) in [6, 6.07) is 6.46. The number of piperidine rings is 1. The zero-order chi connectivity index (χ0) is 17.6. The van der Waals surface area contributed by atoms with Crippen LogP contribution in [-0.2, 0) is 0 Å². The molecule has 3 heterocycles. The van der Waals surface area contributed by atoms with Gasteiger partial charge in [-0.2, -0.15) is 5.10 Å². The van der Waals surface area contributed by atoms with Gasteiger partial charge in [-0.15, -0.1) is 0 Å². The molecule has 0 aliphatic carbocycles. The van der Waals surface area contributed by atoms with E-state index in [1.807, 2.05) is 10.9 Å². The molecule has 0 bridgehead atoms. The van der Waals surface area contributed by atoms with Crippen molar-refractivity contribution in [1.29, 1.82) is 0 Å². The SMILES string of the molecule is Cc1cc(C)cc(-n2ncc3c(N4CC(C)CC(C)C4)ncnc32)c1. The summed E-state index contributed by atoms with van der Waals surface area (Å²) in [6.45, 7) is 11.0. The van der Waals surface area contributed by atoms with Crippen molar-refractivity contribution in [3.63, 3.8) is 0 Å². The fourth-order valence-electron chi connectivity index (χ4n) is 4.18. The number of fused-ring (bicyclic) bond motifs is 1. The van der Waals surface area contributed by atoms with E-state index < -0.39 is 0 Å². The topological polar surface area (TPSA) is 46.8 Å². The van der Waals surface area contributed by atoms with Crippen molar-refractivity contribution in [2.75, 3.05) is 18.0 Å². The summed E-state index contributed by atoms with van der Waals surface area (Å²) in [4.78, 5) is 11.5. The average Bonchev–Trinajstić information content (AvgIpc) is 2.97. The number of hydrogen-bond acceptors (Lipinski definition) is 4. The molecule has 0 N–H and O–H groups in total. The van der Waals surface area contributed by atoms with Crippen LogP contribution in [0, 0.1) is 25.7 Å². The van der Waals surface area contributed by atoms with E-state index >= 15 is 0 Å². The molecule has 0 radical (unpaired) electrons. The van der Waals surface area contributed by atoms with Crippen LogP contribution in [0.2, 0.25) is 0 Å². The number of rotatable bonds is 2. The average molecular weight is 335 g/mol. The molecule has 2 unspecified atom stereocenters. The zero-order valence-electron chi connectivity index (χ0n) is 15.4. The van der Waals surface area contributed by atoms with Gasteiger partial charge in [0.2, 0.25) is 0 Å². The van der Waals surface area contributed by atoms with Crippen LogP contribution in [0.4, 0.5) is 5.82 Å². The molecule has 2 atom stereocenters. The third-order valence-corrected chi connectivity index (χ3v) is 4.96. The van der Waals surface area contributed by atoms with Crippen molar-refractivity contribution in [2.45, 2.75) is 34.1 Å². The molecule has 130 valence electrons. The highest BCUT2D eigenvalue weighted by Gasteiger charge is 2.25. The van der Waals surface area contributed by atoms with Crippen molar-refractivity contribution >= 4 is 16.9 Å². The number of aromatic nitrogens is 4. The maximum atomic E-state index is 4.63. The number of nitrogens with zero attached hydrogens (tertiary/aromatic N) is 5. The molecule has 4 rings (SSSR count). The Morgan fingerprint density at radius 3 is 2.32 bits per heavy atom. The molecule has 25 heavy (non-hydrogen) atoms. The highest BCUT2D eigenvalue weighted by Crippen LogP contribution is 2.30. The van der Waals surface area contributed by atoms with E-state index in [1.165, 1.54) is 17.5 Å². The first-order valence-corrected chi connectivity index (χ1v) is 9.03. The summed E-state index contributed by atoms with van der Waals surface area (Å²) in [6.07, 6.45) is 4.86. The minimum absolute atomic E-state index is 0.684. The molecule has 0 saturated carbocycles. The lowest BCUT2D eigenvalue weighted by atomic mass is 9.92. The Labute approximate surface area is 148 Å². The van der Waals surface area contributed by atoms with Crippen molar-refractivity contribution in [2.24, 2.45) is 11.8 Å². The fourth-order valence-corrected chi connectivity index (χ4v) is 4.18. The van der Waals surface area contributed by atoms with Crippen LogP contribution in [0.25, 0.3) is 16.7 Å². The van der Waals surface area contributed by atoms with E-state index in [-0.39, 0.29) is 0 Å². The highest BCUT2D eigenvalue weighted by atomic mass is 15.3. The molecule has 1 fully saturated rings. The minimum atomic E-state index is 0.684. The van der Waals surface area contributed by atoms with Gasteiger partial charge in [-0.3, -0.25) is 0 Å². The van der Waals surface area contributed by atoms with Crippen LogP contribution >= 0.6 is 0 Å². The molecule has 2 aromatic heterocycles. The van der Waals surface area contributed by atoms with Gasteiger partial charge in [0, 0.05) is 13.1 Å². The molecule has 5 nitrogen and oxygen atoms in total. The lowest BCUT2D eigenvalue weighted by molar-refractivity contribution is 0.356. The van der Waals surface area contributed by atoms with E-state index in [2.05, 4.69) is 65.9 Å². The smallest absolute Gasteiger partial charge is 0.168 e. The Kier molecular flexibility index (Phi) is 3.94. The van der Waals surface area contributed by atoms with Crippen LogP contribution in [0.3, 0.4) is 0 Å². The molecular formula is C20H25N5. The Balaban J connectivity index is 1.80. The third kappa shape index (κ3) is 2.99. The van der Waals surface area contributed by atoms with E-state index in [1.54, 1.807) is 6.33 Å². The molecule has 1 aliphatic heterocycles. The lowest BCUT2D eigenvalue weighted by Gasteiger charge is -2.35. The largest absolute Gasteiger partial charge is 0.355 e. The number of anilines is 1. The standard InChI is InChI=1S/C20H25N5/c1-13-5-14(2)8-17(7-13)25-20-18(9-23-25)19(21-12-22-20)24-10-15(3)6-16(4)11-24/h5,7-9,12,15-16H,6,10-11H2,1-4H3. The third-order valence-electron chi connectivity index (χ3n) is 4.96. The highest BCUT2D eigenvalue weighted by molar-refractivity contribution is 5.87. The van der Waals surface area contributed by atoms with E-state index in [0.29, 0.717) is 11.8 Å². The van der Waals surface area contributed by atoms with Gasteiger partial charge in [-0.05, 0) is 55.4 Å².